The molecule has 0 amide bonds. The van der Waals surface area contributed by atoms with Gasteiger partial charge >= 0.3 is 0 Å². The van der Waals surface area contributed by atoms with Crippen LogP contribution in [0, 0.1) is 24.1 Å². The van der Waals surface area contributed by atoms with Gasteiger partial charge < -0.3 is 5.73 Å². The molecule has 1 heterocycles. The summed E-state index contributed by atoms with van der Waals surface area (Å²) in [5.41, 5.74) is 7.92. The predicted octanol–water partition coefficient (Wildman–Crippen LogP) is 3.32. The number of anilines is 1. The third-order valence-corrected chi connectivity index (χ3v) is 3.41. The Balaban J connectivity index is 2.55. The van der Waals surface area contributed by atoms with Gasteiger partial charge in [-0.3, -0.25) is 0 Å². The molecule has 0 fully saturated rings. The Morgan fingerprint density at radius 3 is 2.69 bits per heavy atom. The van der Waals surface area contributed by atoms with Crippen LogP contribution in [0.5, 0.6) is 0 Å². The minimum absolute atomic E-state index is 0.258. The van der Waals surface area contributed by atoms with Crippen LogP contribution in [-0.2, 0) is 0 Å². The summed E-state index contributed by atoms with van der Waals surface area (Å²) in [7, 11) is 0. The highest BCUT2D eigenvalue weighted by Gasteiger charge is 2.09. The van der Waals surface area contributed by atoms with Crippen LogP contribution in [0.1, 0.15) is 10.4 Å². The van der Waals surface area contributed by atoms with Gasteiger partial charge in [0.2, 0.25) is 0 Å². The summed E-state index contributed by atoms with van der Waals surface area (Å²) in [4.78, 5) is 1.39. The largest absolute Gasteiger partial charge is 0.397 e. The van der Waals surface area contributed by atoms with Crippen molar-refractivity contribution in [2.45, 2.75) is 6.92 Å². The molecule has 0 saturated heterocycles. The molecule has 0 radical (unpaired) electrons. The van der Waals surface area contributed by atoms with Crippen LogP contribution in [0.4, 0.5) is 10.1 Å². The SMILES string of the molecule is Cc1cc(F)ccc1-c1cc(N)c(C#N)s1. The molecule has 0 atom stereocenters. The zero-order valence-corrected chi connectivity index (χ0v) is 9.44. The molecule has 0 aliphatic heterocycles. The first-order valence-electron chi connectivity index (χ1n) is 4.67. The molecule has 0 saturated carbocycles. The zero-order valence-electron chi connectivity index (χ0n) is 8.62. The molecule has 2 aromatic rings. The van der Waals surface area contributed by atoms with E-state index in [1.54, 1.807) is 12.1 Å². The normalized spacial score (nSPS) is 10.1. The first-order valence-corrected chi connectivity index (χ1v) is 5.49. The van der Waals surface area contributed by atoms with E-state index in [-0.39, 0.29) is 5.82 Å². The summed E-state index contributed by atoms with van der Waals surface area (Å²) in [5, 5.41) is 8.81. The van der Waals surface area contributed by atoms with E-state index in [2.05, 4.69) is 0 Å². The van der Waals surface area contributed by atoms with Gasteiger partial charge in [-0.1, -0.05) is 6.07 Å². The number of nitrogen functional groups attached to an aromatic ring is 1. The highest BCUT2D eigenvalue weighted by atomic mass is 32.1. The van der Waals surface area contributed by atoms with Gasteiger partial charge in [0.25, 0.3) is 0 Å². The third kappa shape index (κ3) is 1.77. The maximum absolute atomic E-state index is 12.9. The van der Waals surface area contributed by atoms with Crippen molar-refractivity contribution in [2.75, 3.05) is 5.73 Å². The van der Waals surface area contributed by atoms with E-state index in [4.69, 9.17) is 11.0 Å². The van der Waals surface area contributed by atoms with Gasteiger partial charge in [-0.15, -0.1) is 11.3 Å². The summed E-state index contributed by atoms with van der Waals surface area (Å²) < 4.78 is 12.9. The van der Waals surface area contributed by atoms with Crippen molar-refractivity contribution in [3.8, 4) is 16.5 Å². The van der Waals surface area contributed by atoms with Crippen LogP contribution in [0.2, 0.25) is 0 Å². The number of aryl methyl sites for hydroxylation is 1. The smallest absolute Gasteiger partial charge is 0.128 e. The van der Waals surface area contributed by atoms with E-state index in [0.29, 0.717) is 10.6 Å². The summed E-state index contributed by atoms with van der Waals surface area (Å²) >= 11 is 1.32. The van der Waals surface area contributed by atoms with Crippen molar-refractivity contribution in [1.29, 1.82) is 5.26 Å². The third-order valence-electron chi connectivity index (χ3n) is 2.32. The predicted molar refractivity (Wildman–Crippen MR) is 63.6 cm³/mol. The van der Waals surface area contributed by atoms with Gasteiger partial charge in [-0.05, 0) is 36.2 Å². The van der Waals surface area contributed by atoms with Crippen molar-refractivity contribution < 1.29 is 4.39 Å². The molecule has 16 heavy (non-hydrogen) atoms. The van der Waals surface area contributed by atoms with E-state index in [9.17, 15) is 4.39 Å². The Hall–Kier alpha value is -1.86. The molecule has 4 heteroatoms. The first kappa shape index (κ1) is 10.7. The van der Waals surface area contributed by atoms with Gasteiger partial charge in [-0.2, -0.15) is 5.26 Å². The molecule has 0 unspecified atom stereocenters. The van der Waals surface area contributed by atoms with Crippen LogP contribution in [0.3, 0.4) is 0 Å². The lowest BCUT2D eigenvalue weighted by atomic mass is 10.1. The van der Waals surface area contributed by atoms with Gasteiger partial charge in [-0.25, -0.2) is 4.39 Å². The Morgan fingerprint density at radius 1 is 1.38 bits per heavy atom. The summed E-state index contributed by atoms with van der Waals surface area (Å²) in [6, 6.07) is 8.37. The number of halogens is 1. The second kappa shape index (κ2) is 3.95. The van der Waals surface area contributed by atoms with Gasteiger partial charge in [0.05, 0.1) is 5.69 Å². The van der Waals surface area contributed by atoms with Gasteiger partial charge in [0, 0.05) is 4.88 Å². The van der Waals surface area contributed by atoms with E-state index in [0.717, 1.165) is 16.0 Å². The fourth-order valence-corrected chi connectivity index (χ4v) is 2.50. The zero-order chi connectivity index (χ0) is 11.7. The number of benzene rings is 1. The van der Waals surface area contributed by atoms with E-state index in [1.165, 1.54) is 23.5 Å². The molecule has 0 aliphatic carbocycles. The van der Waals surface area contributed by atoms with Crippen LogP contribution in [0.15, 0.2) is 24.3 Å². The molecule has 80 valence electrons. The number of nitrogens with two attached hydrogens (primary N) is 1. The molecule has 2 N–H and O–H groups in total. The first-order chi connectivity index (χ1) is 7.61. The van der Waals surface area contributed by atoms with E-state index >= 15 is 0 Å². The Labute approximate surface area is 96.8 Å². The van der Waals surface area contributed by atoms with Crippen LogP contribution in [0.25, 0.3) is 10.4 Å². The Morgan fingerprint density at radius 2 is 2.12 bits per heavy atom. The monoisotopic (exact) mass is 232 g/mol. The van der Waals surface area contributed by atoms with Crippen molar-refractivity contribution in [3.05, 3.63) is 40.5 Å². The molecule has 0 aliphatic rings. The maximum Gasteiger partial charge on any atom is 0.128 e. The van der Waals surface area contributed by atoms with E-state index < -0.39 is 0 Å². The Kier molecular flexibility index (Phi) is 2.63. The summed E-state index contributed by atoms with van der Waals surface area (Å²) in [5.74, 6) is -0.258. The van der Waals surface area contributed by atoms with E-state index in [1.807, 2.05) is 13.0 Å². The molecule has 0 bridgehead atoms. The van der Waals surface area contributed by atoms with Crippen LogP contribution >= 0.6 is 11.3 Å². The fraction of sp³-hybridized carbons (Fsp3) is 0.0833. The molecule has 1 aromatic heterocycles. The minimum atomic E-state index is -0.258. The highest BCUT2D eigenvalue weighted by molar-refractivity contribution is 7.16. The number of nitrogens with zero attached hydrogens (tertiary/aromatic N) is 1. The van der Waals surface area contributed by atoms with Crippen LogP contribution < -0.4 is 5.73 Å². The standard InChI is InChI=1S/C12H9FN2S/c1-7-4-8(13)2-3-9(7)11-5-10(15)12(6-14)16-11/h2-5H,15H2,1H3. The molecule has 2 nitrogen and oxygen atoms in total. The molecular weight excluding hydrogens is 223 g/mol. The Bertz CT molecular complexity index is 581. The lowest BCUT2D eigenvalue weighted by Gasteiger charge is -2.02. The average molecular weight is 232 g/mol. The second-order valence-corrected chi connectivity index (χ2v) is 4.52. The molecular formula is C12H9FN2S. The van der Waals surface area contributed by atoms with Crippen molar-refractivity contribution >= 4 is 17.0 Å². The number of thiophene rings is 1. The van der Waals surface area contributed by atoms with Crippen molar-refractivity contribution in [1.82, 2.24) is 0 Å². The number of rotatable bonds is 1. The summed E-state index contributed by atoms with van der Waals surface area (Å²) in [6.07, 6.45) is 0. The van der Waals surface area contributed by atoms with Gasteiger partial charge in [0.1, 0.15) is 16.8 Å². The quantitative estimate of drug-likeness (QED) is 0.820. The van der Waals surface area contributed by atoms with Crippen LogP contribution in [-0.4, -0.2) is 0 Å². The van der Waals surface area contributed by atoms with Crippen molar-refractivity contribution in [3.63, 3.8) is 0 Å². The topological polar surface area (TPSA) is 49.8 Å². The lowest BCUT2D eigenvalue weighted by Crippen LogP contribution is -1.83. The molecule has 0 spiro atoms. The summed E-state index contributed by atoms with van der Waals surface area (Å²) in [6.45, 7) is 1.83. The number of hydrogen-bond acceptors (Lipinski definition) is 3. The second-order valence-electron chi connectivity index (χ2n) is 3.47. The maximum atomic E-state index is 12.9. The fourth-order valence-electron chi connectivity index (χ4n) is 1.53. The number of nitriles is 1. The molecule has 2 rings (SSSR count). The number of hydrogen-bond donors (Lipinski definition) is 1. The minimum Gasteiger partial charge on any atom is -0.397 e. The lowest BCUT2D eigenvalue weighted by molar-refractivity contribution is 0.627. The highest BCUT2D eigenvalue weighted by Crippen LogP contribution is 2.34. The van der Waals surface area contributed by atoms with Crippen molar-refractivity contribution in [2.24, 2.45) is 0 Å². The average Bonchev–Trinajstić information content (AvgIpc) is 2.59. The molecule has 1 aromatic carbocycles. The van der Waals surface area contributed by atoms with Gasteiger partial charge in [0.15, 0.2) is 0 Å².